The van der Waals surface area contributed by atoms with E-state index in [-0.39, 0.29) is 12.7 Å². The van der Waals surface area contributed by atoms with Crippen LogP contribution in [0.2, 0.25) is 0 Å². The second kappa shape index (κ2) is 8.00. The Kier molecular flexibility index (Phi) is 5.06. The Hall–Kier alpha value is -3.04. The molecule has 0 atom stereocenters. The van der Waals surface area contributed by atoms with E-state index in [1.54, 1.807) is 0 Å². The van der Waals surface area contributed by atoms with Crippen LogP contribution in [0.5, 0.6) is 0 Å². The number of anilines is 1. The summed E-state index contributed by atoms with van der Waals surface area (Å²) in [7, 11) is 0. The van der Waals surface area contributed by atoms with Gasteiger partial charge in [-0.3, -0.25) is 4.40 Å². The molecule has 0 saturated heterocycles. The first kappa shape index (κ1) is 19.0. The molecule has 9 nitrogen and oxygen atoms in total. The van der Waals surface area contributed by atoms with E-state index in [9.17, 15) is 0 Å². The highest BCUT2D eigenvalue weighted by Crippen LogP contribution is 2.29. The van der Waals surface area contributed by atoms with Crippen LogP contribution in [0, 0.1) is 6.92 Å². The molecular formula is C21H25N7O2. The molecule has 4 heterocycles. The topological polar surface area (TPSA) is 113 Å². The minimum absolute atomic E-state index is 0.0802. The van der Waals surface area contributed by atoms with Crippen LogP contribution >= 0.6 is 0 Å². The Morgan fingerprint density at radius 2 is 2.10 bits per heavy atom. The number of aromatic nitrogens is 6. The second-order valence-corrected chi connectivity index (χ2v) is 7.76. The molecule has 0 spiro atoms. The lowest BCUT2D eigenvalue weighted by Gasteiger charge is -2.28. The molecule has 156 valence electrons. The molecule has 0 aromatic carbocycles. The fourth-order valence-electron chi connectivity index (χ4n) is 4.16. The molecule has 1 aliphatic carbocycles. The smallest absolute Gasteiger partial charge is 0.224 e. The van der Waals surface area contributed by atoms with E-state index in [0.717, 1.165) is 59.3 Å². The number of aliphatic hydroxyl groups is 1. The van der Waals surface area contributed by atoms with Crippen LogP contribution < -0.4 is 5.32 Å². The summed E-state index contributed by atoms with van der Waals surface area (Å²) in [5, 5.41) is 21.6. The average molecular weight is 407 g/mol. The fraction of sp³-hybridized carbons (Fsp3) is 0.429. The first-order valence-electron chi connectivity index (χ1n) is 10.4. The van der Waals surface area contributed by atoms with E-state index in [2.05, 4.69) is 30.5 Å². The lowest BCUT2D eigenvalue weighted by atomic mass is 9.93. The van der Waals surface area contributed by atoms with Gasteiger partial charge in [0.25, 0.3) is 0 Å². The zero-order chi connectivity index (χ0) is 20.5. The summed E-state index contributed by atoms with van der Waals surface area (Å²) in [4.78, 5) is 12.5. The largest absolute Gasteiger partial charge is 0.394 e. The Morgan fingerprint density at radius 3 is 2.93 bits per heavy atom. The van der Waals surface area contributed by atoms with Crippen molar-refractivity contribution < 1.29 is 9.84 Å². The standard InChI is InChI=1S/C21H25N7O2/c1-13-26-27-19-7-2-14(12-28(13)19)17-10-22-20-18(17)11-23-21(25-20)24-15-3-5-16(6-4-15)30-9-8-29/h2,7,10-12,15-16,29H,3-6,8-9H2,1H3,(H2,22,23,24,25)/t15-,16+. The number of aliphatic hydroxyl groups excluding tert-OH is 1. The Bertz CT molecular complexity index is 1160. The molecule has 3 N–H and O–H groups in total. The molecule has 0 aliphatic heterocycles. The zero-order valence-corrected chi connectivity index (χ0v) is 16.9. The maximum Gasteiger partial charge on any atom is 0.224 e. The molecule has 1 fully saturated rings. The van der Waals surface area contributed by atoms with E-state index in [0.29, 0.717) is 18.6 Å². The van der Waals surface area contributed by atoms with Crippen molar-refractivity contribution in [3.63, 3.8) is 0 Å². The summed E-state index contributed by atoms with van der Waals surface area (Å²) in [5.41, 5.74) is 3.74. The van der Waals surface area contributed by atoms with Crippen LogP contribution in [0.25, 0.3) is 27.8 Å². The number of hydrogen-bond donors (Lipinski definition) is 3. The third kappa shape index (κ3) is 3.61. The lowest BCUT2D eigenvalue weighted by molar-refractivity contribution is 0.00719. The van der Waals surface area contributed by atoms with E-state index < -0.39 is 0 Å². The summed E-state index contributed by atoms with van der Waals surface area (Å²) >= 11 is 0. The second-order valence-electron chi connectivity index (χ2n) is 7.76. The van der Waals surface area contributed by atoms with Crippen LogP contribution in [0.15, 0.2) is 30.7 Å². The predicted octanol–water partition coefficient (Wildman–Crippen LogP) is 2.71. The molecule has 0 unspecified atom stereocenters. The maximum absolute atomic E-state index is 8.89. The number of nitrogens with zero attached hydrogens (tertiary/aromatic N) is 5. The first-order chi connectivity index (χ1) is 14.7. The molecule has 1 saturated carbocycles. The summed E-state index contributed by atoms with van der Waals surface area (Å²) in [6.45, 7) is 2.44. The van der Waals surface area contributed by atoms with Gasteiger partial charge in [-0.2, -0.15) is 4.98 Å². The van der Waals surface area contributed by atoms with Gasteiger partial charge in [-0.15, -0.1) is 10.2 Å². The Morgan fingerprint density at radius 1 is 1.23 bits per heavy atom. The summed E-state index contributed by atoms with van der Waals surface area (Å²) in [6.07, 6.45) is 10.1. The van der Waals surface area contributed by atoms with E-state index in [4.69, 9.17) is 9.84 Å². The van der Waals surface area contributed by atoms with Crippen molar-refractivity contribution >= 4 is 22.6 Å². The van der Waals surface area contributed by atoms with Crippen molar-refractivity contribution in [3.05, 3.63) is 36.5 Å². The quantitative estimate of drug-likeness (QED) is 0.450. The number of aromatic amines is 1. The third-order valence-corrected chi connectivity index (χ3v) is 5.77. The third-order valence-electron chi connectivity index (χ3n) is 5.77. The van der Waals surface area contributed by atoms with Crippen molar-refractivity contribution in [2.45, 2.75) is 44.8 Å². The highest BCUT2D eigenvalue weighted by Gasteiger charge is 2.22. The van der Waals surface area contributed by atoms with Gasteiger partial charge in [0.2, 0.25) is 5.95 Å². The number of pyridine rings is 1. The van der Waals surface area contributed by atoms with Crippen LogP contribution in [-0.2, 0) is 4.74 Å². The molecule has 1 aliphatic rings. The van der Waals surface area contributed by atoms with Crippen molar-refractivity contribution in [3.8, 4) is 11.1 Å². The highest BCUT2D eigenvalue weighted by molar-refractivity contribution is 5.93. The van der Waals surface area contributed by atoms with Gasteiger partial charge < -0.3 is 20.1 Å². The fourth-order valence-corrected chi connectivity index (χ4v) is 4.16. The summed E-state index contributed by atoms with van der Waals surface area (Å²) < 4.78 is 7.62. The van der Waals surface area contributed by atoms with Gasteiger partial charge in [0, 0.05) is 41.1 Å². The number of aryl methyl sites for hydroxylation is 1. The van der Waals surface area contributed by atoms with Crippen LogP contribution in [-0.4, -0.2) is 60.0 Å². The molecule has 4 aromatic rings. The van der Waals surface area contributed by atoms with Gasteiger partial charge in [0.05, 0.1) is 19.3 Å². The average Bonchev–Trinajstić information content (AvgIpc) is 3.36. The van der Waals surface area contributed by atoms with Gasteiger partial charge in [0.1, 0.15) is 11.5 Å². The van der Waals surface area contributed by atoms with Gasteiger partial charge in [0.15, 0.2) is 5.65 Å². The zero-order valence-electron chi connectivity index (χ0n) is 16.9. The number of ether oxygens (including phenoxy) is 1. The van der Waals surface area contributed by atoms with E-state index in [1.807, 2.05) is 42.0 Å². The Labute approximate surface area is 173 Å². The van der Waals surface area contributed by atoms with Crippen LogP contribution in [0.1, 0.15) is 31.5 Å². The number of nitrogens with one attached hydrogen (secondary N) is 2. The van der Waals surface area contributed by atoms with Gasteiger partial charge in [-0.25, -0.2) is 4.98 Å². The lowest BCUT2D eigenvalue weighted by Crippen LogP contribution is -2.30. The SMILES string of the molecule is Cc1nnc2ccc(-c3c[nH]c4nc(N[C@H]5CC[C@@H](OCCO)CC5)ncc34)cn12. The van der Waals surface area contributed by atoms with Gasteiger partial charge in [-0.1, -0.05) is 0 Å². The van der Waals surface area contributed by atoms with Crippen molar-refractivity contribution in [1.82, 2.24) is 29.5 Å². The normalized spacial score (nSPS) is 19.5. The van der Waals surface area contributed by atoms with E-state index >= 15 is 0 Å². The predicted molar refractivity (Wildman–Crippen MR) is 113 cm³/mol. The monoisotopic (exact) mass is 407 g/mol. The molecule has 5 rings (SSSR count). The first-order valence-corrected chi connectivity index (χ1v) is 10.4. The molecule has 0 amide bonds. The molecule has 0 radical (unpaired) electrons. The minimum atomic E-state index is 0.0802. The molecule has 4 aromatic heterocycles. The number of hydrogen-bond acceptors (Lipinski definition) is 7. The molecule has 0 bridgehead atoms. The maximum atomic E-state index is 8.89. The summed E-state index contributed by atoms with van der Waals surface area (Å²) in [6, 6.07) is 4.34. The van der Waals surface area contributed by atoms with Crippen LogP contribution in [0.4, 0.5) is 5.95 Å². The Balaban J connectivity index is 1.32. The molecular weight excluding hydrogens is 382 g/mol. The van der Waals surface area contributed by atoms with Crippen molar-refractivity contribution in [2.75, 3.05) is 18.5 Å². The number of H-pyrrole nitrogens is 1. The van der Waals surface area contributed by atoms with Gasteiger partial charge in [-0.05, 0) is 44.7 Å². The summed E-state index contributed by atoms with van der Waals surface area (Å²) in [5.74, 6) is 1.49. The van der Waals surface area contributed by atoms with Gasteiger partial charge >= 0.3 is 0 Å². The molecule has 30 heavy (non-hydrogen) atoms. The van der Waals surface area contributed by atoms with Crippen molar-refractivity contribution in [2.24, 2.45) is 0 Å². The highest BCUT2D eigenvalue weighted by atomic mass is 16.5. The van der Waals surface area contributed by atoms with Crippen LogP contribution in [0.3, 0.4) is 0 Å². The van der Waals surface area contributed by atoms with E-state index in [1.165, 1.54) is 0 Å². The number of rotatable bonds is 6. The minimum Gasteiger partial charge on any atom is -0.394 e. The molecule has 9 heteroatoms. The van der Waals surface area contributed by atoms with Crippen molar-refractivity contribution in [1.29, 1.82) is 0 Å². The number of fused-ring (bicyclic) bond motifs is 2.